The van der Waals surface area contributed by atoms with Crippen molar-refractivity contribution in [2.45, 2.75) is 0 Å². The Morgan fingerprint density at radius 2 is 0.432 bits per heavy atom. The van der Waals surface area contributed by atoms with Gasteiger partial charge in [-0.25, -0.2) is 0 Å². The van der Waals surface area contributed by atoms with E-state index in [9.17, 15) is 0 Å². The standard InChI is InChI=1S/C78H51N3/c1-3-15-52(16-4-1)60-39-46-76(69(49-60)59-17-5-2-6-18-59)81-77-47-40-61(57-31-27-53(28-32-57)55-35-42-63(43-36-55)79-72-23-11-7-19-65(72)66-20-8-12-24-73(66)79)50-70(77)71-51-62(41-48-78(71)81)58-33-29-54(30-34-58)56-37-44-64(45-38-56)80-74-25-13-9-21-67(74)68-22-10-14-26-75(68)80/h1-51H. The summed E-state index contributed by atoms with van der Waals surface area (Å²) in [6.07, 6.45) is 0. The quantitative estimate of drug-likeness (QED) is 0.137. The molecule has 0 aliphatic heterocycles. The highest BCUT2D eigenvalue weighted by Gasteiger charge is 2.20. The summed E-state index contributed by atoms with van der Waals surface area (Å²) in [5.41, 5.74) is 24.8. The van der Waals surface area contributed by atoms with Crippen molar-refractivity contribution in [2.75, 3.05) is 0 Å². The second kappa shape index (κ2) is 19.0. The summed E-state index contributed by atoms with van der Waals surface area (Å²) in [5, 5.41) is 7.49. The van der Waals surface area contributed by atoms with E-state index in [2.05, 4.69) is 323 Å². The molecule has 3 aromatic heterocycles. The molecule has 378 valence electrons. The van der Waals surface area contributed by atoms with Crippen molar-refractivity contribution in [1.82, 2.24) is 13.7 Å². The van der Waals surface area contributed by atoms with Crippen LogP contribution < -0.4 is 0 Å². The molecule has 0 radical (unpaired) electrons. The van der Waals surface area contributed by atoms with Gasteiger partial charge in [0.2, 0.25) is 0 Å². The van der Waals surface area contributed by atoms with Gasteiger partial charge in [0.25, 0.3) is 0 Å². The van der Waals surface area contributed by atoms with Crippen molar-refractivity contribution in [3.05, 3.63) is 309 Å². The maximum atomic E-state index is 2.48. The summed E-state index contributed by atoms with van der Waals surface area (Å²) in [5.74, 6) is 0. The van der Waals surface area contributed by atoms with Gasteiger partial charge in [-0.05, 0) is 146 Å². The van der Waals surface area contributed by atoms with Gasteiger partial charge < -0.3 is 13.7 Å². The number of hydrogen-bond acceptors (Lipinski definition) is 0. The van der Waals surface area contributed by atoms with Gasteiger partial charge in [0.05, 0.1) is 38.8 Å². The Balaban J connectivity index is 0.773. The average Bonchev–Trinajstić information content (AvgIpc) is 4.40. The molecule has 0 saturated carbocycles. The van der Waals surface area contributed by atoms with E-state index in [0.29, 0.717) is 0 Å². The maximum Gasteiger partial charge on any atom is 0.0541 e. The number of hydrogen-bond donors (Lipinski definition) is 0. The molecule has 3 heteroatoms. The van der Waals surface area contributed by atoms with Crippen LogP contribution in [0.25, 0.3) is 149 Å². The normalized spacial score (nSPS) is 11.7. The minimum atomic E-state index is 1.14. The molecule has 0 spiro atoms. The Labute approximate surface area is 469 Å². The monoisotopic (exact) mass is 1030 g/mol. The lowest BCUT2D eigenvalue weighted by Crippen LogP contribution is -1.98. The lowest BCUT2D eigenvalue weighted by Gasteiger charge is -2.16. The number of rotatable bonds is 9. The Morgan fingerprint density at radius 1 is 0.160 bits per heavy atom. The fourth-order valence-electron chi connectivity index (χ4n) is 12.7. The Hall–Kier alpha value is -10.7. The van der Waals surface area contributed by atoms with E-state index >= 15 is 0 Å². The molecule has 0 fully saturated rings. The number of fused-ring (bicyclic) bond motifs is 9. The third-order valence-corrected chi connectivity index (χ3v) is 16.7. The van der Waals surface area contributed by atoms with E-state index in [1.165, 1.54) is 121 Å². The first-order valence-corrected chi connectivity index (χ1v) is 27.9. The minimum absolute atomic E-state index is 1.14. The smallest absolute Gasteiger partial charge is 0.0541 e. The van der Waals surface area contributed by atoms with Crippen molar-refractivity contribution in [2.24, 2.45) is 0 Å². The van der Waals surface area contributed by atoms with Crippen LogP contribution in [0.4, 0.5) is 0 Å². The Kier molecular flexibility index (Phi) is 10.9. The fraction of sp³-hybridized carbons (Fsp3) is 0. The van der Waals surface area contributed by atoms with Gasteiger partial charge in [0, 0.05) is 49.3 Å². The number of benzene rings is 13. The minimum Gasteiger partial charge on any atom is -0.309 e. The van der Waals surface area contributed by atoms with E-state index in [0.717, 1.165) is 28.1 Å². The van der Waals surface area contributed by atoms with Crippen LogP contribution in [0.5, 0.6) is 0 Å². The molecular formula is C78H51N3. The van der Waals surface area contributed by atoms with Crippen molar-refractivity contribution in [1.29, 1.82) is 0 Å². The van der Waals surface area contributed by atoms with Crippen molar-refractivity contribution in [3.63, 3.8) is 0 Å². The highest BCUT2D eigenvalue weighted by atomic mass is 15.0. The first-order chi connectivity index (χ1) is 40.2. The SMILES string of the molecule is c1ccc(-c2ccc(-n3c4ccc(-c5ccc(-c6ccc(-n7c8ccccc8c8ccccc87)cc6)cc5)cc4c4cc(-c5ccc(-c6ccc(-n7c8ccccc8c8ccccc87)cc6)cc5)ccc43)c(-c3ccccc3)c2)cc1. The van der Waals surface area contributed by atoms with Gasteiger partial charge in [0.1, 0.15) is 0 Å². The van der Waals surface area contributed by atoms with Crippen LogP contribution in [0, 0.1) is 0 Å². The van der Waals surface area contributed by atoms with Gasteiger partial charge in [-0.3, -0.25) is 0 Å². The lowest BCUT2D eigenvalue weighted by molar-refractivity contribution is 1.18. The lowest BCUT2D eigenvalue weighted by atomic mass is 9.97. The molecule has 13 aromatic carbocycles. The molecule has 3 nitrogen and oxygen atoms in total. The number of nitrogens with zero attached hydrogens (tertiary/aromatic N) is 3. The van der Waals surface area contributed by atoms with Crippen LogP contribution in [0.2, 0.25) is 0 Å². The van der Waals surface area contributed by atoms with Crippen LogP contribution in [0.3, 0.4) is 0 Å². The van der Waals surface area contributed by atoms with Gasteiger partial charge in [-0.2, -0.15) is 0 Å². The first kappa shape index (κ1) is 46.4. The fourth-order valence-corrected chi connectivity index (χ4v) is 12.7. The van der Waals surface area contributed by atoms with Crippen molar-refractivity contribution < 1.29 is 0 Å². The summed E-state index contributed by atoms with van der Waals surface area (Å²) < 4.78 is 7.23. The van der Waals surface area contributed by atoms with E-state index in [1.807, 2.05) is 0 Å². The molecule has 3 heterocycles. The van der Waals surface area contributed by atoms with Crippen LogP contribution in [-0.2, 0) is 0 Å². The molecule has 0 saturated heterocycles. The maximum absolute atomic E-state index is 2.48. The highest BCUT2D eigenvalue weighted by Crippen LogP contribution is 2.42. The molecule has 0 aliphatic carbocycles. The molecule has 0 N–H and O–H groups in total. The molecule has 16 aromatic rings. The zero-order chi connectivity index (χ0) is 53.4. The zero-order valence-electron chi connectivity index (χ0n) is 44.3. The predicted octanol–water partition coefficient (Wildman–Crippen LogP) is 21.0. The Morgan fingerprint density at radius 3 is 0.827 bits per heavy atom. The van der Waals surface area contributed by atoms with Gasteiger partial charge in [-0.1, -0.05) is 224 Å². The topological polar surface area (TPSA) is 14.8 Å². The molecule has 0 amide bonds. The van der Waals surface area contributed by atoms with Crippen LogP contribution >= 0.6 is 0 Å². The second-order valence-electron chi connectivity index (χ2n) is 21.3. The molecule has 0 atom stereocenters. The number of aromatic nitrogens is 3. The third kappa shape index (κ3) is 7.81. The molecular weight excluding hydrogens is 979 g/mol. The summed E-state index contributed by atoms with van der Waals surface area (Å²) in [6.45, 7) is 0. The summed E-state index contributed by atoms with van der Waals surface area (Å²) in [4.78, 5) is 0. The Bertz CT molecular complexity index is 4680. The average molecular weight is 1030 g/mol. The molecule has 81 heavy (non-hydrogen) atoms. The van der Waals surface area contributed by atoms with E-state index < -0.39 is 0 Å². The van der Waals surface area contributed by atoms with Gasteiger partial charge in [-0.15, -0.1) is 0 Å². The molecule has 0 unspecified atom stereocenters. The number of para-hydroxylation sites is 4. The van der Waals surface area contributed by atoms with E-state index in [-0.39, 0.29) is 0 Å². The third-order valence-electron chi connectivity index (χ3n) is 16.7. The molecule has 0 bridgehead atoms. The summed E-state index contributed by atoms with van der Waals surface area (Å²) in [6, 6.07) is 113. The summed E-state index contributed by atoms with van der Waals surface area (Å²) in [7, 11) is 0. The summed E-state index contributed by atoms with van der Waals surface area (Å²) >= 11 is 0. The molecule has 0 aliphatic rings. The van der Waals surface area contributed by atoms with Gasteiger partial charge in [0.15, 0.2) is 0 Å². The van der Waals surface area contributed by atoms with Crippen LogP contribution in [0.15, 0.2) is 309 Å². The van der Waals surface area contributed by atoms with Crippen LogP contribution in [0.1, 0.15) is 0 Å². The predicted molar refractivity (Wildman–Crippen MR) is 342 cm³/mol. The first-order valence-electron chi connectivity index (χ1n) is 27.9. The van der Waals surface area contributed by atoms with E-state index in [4.69, 9.17) is 0 Å². The van der Waals surface area contributed by atoms with Crippen molar-refractivity contribution in [3.8, 4) is 83.8 Å². The zero-order valence-corrected chi connectivity index (χ0v) is 44.3. The van der Waals surface area contributed by atoms with E-state index in [1.54, 1.807) is 0 Å². The van der Waals surface area contributed by atoms with Crippen molar-refractivity contribution >= 4 is 65.4 Å². The van der Waals surface area contributed by atoms with Gasteiger partial charge >= 0.3 is 0 Å². The largest absolute Gasteiger partial charge is 0.309 e. The molecule has 16 rings (SSSR count). The highest BCUT2D eigenvalue weighted by molar-refractivity contribution is 6.13. The second-order valence-corrected chi connectivity index (χ2v) is 21.3. The van der Waals surface area contributed by atoms with Crippen LogP contribution in [-0.4, -0.2) is 13.7 Å².